The Morgan fingerprint density at radius 2 is 2.30 bits per heavy atom. The van der Waals surface area contributed by atoms with Gasteiger partial charge in [-0.25, -0.2) is 4.98 Å². The average molecular weight is 290 g/mol. The maximum absolute atomic E-state index is 11.7. The third kappa shape index (κ3) is 2.29. The first kappa shape index (κ1) is 12.8. The first-order chi connectivity index (χ1) is 9.67. The summed E-state index contributed by atoms with van der Waals surface area (Å²) in [4.78, 5) is 18.6. The fourth-order valence-electron chi connectivity index (χ4n) is 1.95. The molecule has 3 aromatic rings. The van der Waals surface area contributed by atoms with Crippen LogP contribution in [0, 0.1) is 0 Å². The van der Waals surface area contributed by atoms with Gasteiger partial charge in [-0.3, -0.25) is 9.48 Å². The van der Waals surface area contributed by atoms with Gasteiger partial charge in [0.2, 0.25) is 10.1 Å². The van der Waals surface area contributed by atoms with Crippen LogP contribution < -0.4 is 10.5 Å². The molecule has 3 rings (SSSR count). The van der Waals surface area contributed by atoms with E-state index in [1.165, 1.54) is 28.1 Å². The highest BCUT2D eigenvalue weighted by Gasteiger charge is 2.13. The Balaban J connectivity index is 1.94. The molecule has 0 aromatic carbocycles. The van der Waals surface area contributed by atoms with Crippen LogP contribution in [0.1, 0.15) is 12.5 Å². The van der Waals surface area contributed by atoms with Gasteiger partial charge >= 0.3 is 0 Å². The topological polar surface area (TPSA) is 68.3 Å². The molecule has 0 spiro atoms. The number of fused-ring (bicyclic) bond motifs is 1. The molecule has 0 saturated carbocycles. The lowest BCUT2D eigenvalue weighted by atomic mass is 10.3. The van der Waals surface area contributed by atoms with Gasteiger partial charge in [0, 0.05) is 44.2 Å². The second-order valence-electron chi connectivity index (χ2n) is 4.40. The number of rotatable bonds is 4. The summed E-state index contributed by atoms with van der Waals surface area (Å²) in [5.74, 6) is 0. The number of aromatic nitrogens is 5. The maximum atomic E-state index is 11.7. The van der Waals surface area contributed by atoms with Crippen LogP contribution in [0.3, 0.4) is 0 Å². The zero-order chi connectivity index (χ0) is 14.1. The monoisotopic (exact) mass is 290 g/mol. The third-order valence-corrected chi connectivity index (χ3v) is 3.93. The molecule has 0 saturated heterocycles. The van der Waals surface area contributed by atoms with Crippen LogP contribution in [0.15, 0.2) is 29.5 Å². The highest BCUT2D eigenvalue weighted by molar-refractivity contribution is 7.20. The standard InChI is InChI=1S/C12H14N6OS/c1-3-17(8-9-6-14-16(2)7-9)12-15-18-10(19)4-5-13-11(18)20-12/h4-7H,3,8H2,1-2H3. The Morgan fingerprint density at radius 1 is 1.45 bits per heavy atom. The molecule has 0 radical (unpaired) electrons. The fourth-order valence-corrected chi connectivity index (χ4v) is 2.89. The molecule has 8 heteroatoms. The van der Waals surface area contributed by atoms with E-state index in [4.69, 9.17) is 0 Å². The van der Waals surface area contributed by atoms with E-state index in [1.807, 2.05) is 19.4 Å². The Hall–Kier alpha value is -2.22. The van der Waals surface area contributed by atoms with Crippen molar-refractivity contribution in [3.05, 3.63) is 40.6 Å². The Labute approximate surface area is 119 Å². The van der Waals surface area contributed by atoms with Crippen molar-refractivity contribution in [2.75, 3.05) is 11.4 Å². The first-order valence-electron chi connectivity index (χ1n) is 6.24. The number of aryl methyl sites for hydroxylation is 1. The third-order valence-electron chi connectivity index (χ3n) is 2.94. The Kier molecular flexibility index (Phi) is 3.23. The van der Waals surface area contributed by atoms with Crippen molar-refractivity contribution in [3.8, 4) is 0 Å². The number of nitrogens with zero attached hydrogens (tertiary/aromatic N) is 6. The maximum Gasteiger partial charge on any atom is 0.275 e. The highest BCUT2D eigenvalue weighted by Crippen LogP contribution is 2.22. The summed E-state index contributed by atoms with van der Waals surface area (Å²) in [6.45, 7) is 3.56. The molecular weight excluding hydrogens is 276 g/mol. The van der Waals surface area contributed by atoms with Crippen molar-refractivity contribution >= 4 is 21.4 Å². The molecule has 0 unspecified atom stereocenters. The van der Waals surface area contributed by atoms with Crippen molar-refractivity contribution in [1.82, 2.24) is 24.4 Å². The molecule has 7 nitrogen and oxygen atoms in total. The summed E-state index contributed by atoms with van der Waals surface area (Å²) in [6, 6.07) is 1.41. The van der Waals surface area contributed by atoms with Gasteiger partial charge in [0.1, 0.15) is 0 Å². The van der Waals surface area contributed by atoms with Gasteiger partial charge in [-0.15, -0.1) is 5.10 Å². The normalized spacial score (nSPS) is 11.1. The largest absolute Gasteiger partial charge is 0.342 e. The van der Waals surface area contributed by atoms with Gasteiger partial charge in [0.25, 0.3) is 5.56 Å². The fraction of sp³-hybridized carbons (Fsp3) is 0.333. The molecular formula is C12H14N6OS. The van der Waals surface area contributed by atoms with Crippen LogP contribution in [0.2, 0.25) is 0 Å². The van der Waals surface area contributed by atoms with Gasteiger partial charge < -0.3 is 4.90 Å². The highest BCUT2D eigenvalue weighted by atomic mass is 32.1. The van der Waals surface area contributed by atoms with Crippen LogP contribution in [0.5, 0.6) is 0 Å². The second-order valence-corrected chi connectivity index (χ2v) is 5.33. The van der Waals surface area contributed by atoms with Crippen LogP contribution >= 0.6 is 11.3 Å². The summed E-state index contributed by atoms with van der Waals surface area (Å²) in [7, 11) is 1.89. The lowest BCUT2D eigenvalue weighted by Crippen LogP contribution is -2.22. The van der Waals surface area contributed by atoms with Crippen molar-refractivity contribution in [1.29, 1.82) is 0 Å². The Bertz CT molecular complexity index is 788. The minimum absolute atomic E-state index is 0.157. The van der Waals surface area contributed by atoms with Gasteiger partial charge in [-0.2, -0.15) is 9.61 Å². The molecule has 104 valence electrons. The summed E-state index contributed by atoms with van der Waals surface area (Å²) in [5, 5.41) is 9.29. The van der Waals surface area contributed by atoms with Crippen LogP contribution in [0.4, 0.5) is 5.13 Å². The van der Waals surface area contributed by atoms with Crippen molar-refractivity contribution in [3.63, 3.8) is 0 Å². The molecule has 0 N–H and O–H groups in total. The zero-order valence-corrected chi connectivity index (χ0v) is 12.0. The van der Waals surface area contributed by atoms with E-state index in [9.17, 15) is 4.79 Å². The smallest absolute Gasteiger partial charge is 0.275 e. The lowest BCUT2D eigenvalue weighted by molar-refractivity contribution is 0.763. The van der Waals surface area contributed by atoms with Crippen molar-refractivity contribution < 1.29 is 0 Å². The summed E-state index contributed by atoms with van der Waals surface area (Å²) >= 11 is 1.41. The van der Waals surface area contributed by atoms with E-state index in [-0.39, 0.29) is 5.56 Å². The van der Waals surface area contributed by atoms with E-state index < -0.39 is 0 Å². The van der Waals surface area contributed by atoms with Crippen LogP contribution in [0.25, 0.3) is 4.96 Å². The minimum Gasteiger partial charge on any atom is -0.342 e. The number of hydrogen-bond acceptors (Lipinski definition) is 6. The molecule has 0 aliphatic rings. The van der Waals surface area contributed by atoms with E-state index in [0.29, 0.717) is 11.5 Å². The SMILES string of the molecule is CCN(Cc1cnn(C)c1)c1nn2c(=O)ccnc2s1. The summed E-state index contributed by atoms with van der Waals surface area (Å²) in [6.07, 6.45) is 5.32. The van der Waals surface area contributed by atoms with E-state index in [0.717, 1.165) is 17.2 Å². The molecule has 3 heterocycles. The zero-order valence-electron chi connectivity index (χ0n) is 11.2. The number of anilines is 1. The second kappa shape index (κ2) is 5.04. The van der Waals surface area contributed by atoms with Gasteiger partial charge in [-0.05, 0) is 6.92 Å². The number of hydrogen-bond donors (Lipinski definition) is 0. The predicted molar refractivity (Wildman–Crippen MR) is 77.1 cm³/mol. The lowest BCUT2D eigenvalue weighted by Gasteiger charge is -2.17. The van der Waals surface area contributed by atoms with E-state index >= 15 is 0 Å². The molecule has 0 amide bonds. The summed E-state index contributed by atoms with van der Waals surface area (Å²) < 4.78 is 3.11. The molecule has 0 aliphatic carbocycles. The molecule has 0 fully saturated rings. The average Bonchev–Trinajstić information content (AvgIpc) is 3.03. The van der Waals surface area contributed by atoms with Crippen molar-refractivity contribution in [2.45, 2.75) is 13.5 Å². The minimum atomic E-state index is -0.157. The van der Waals surface area contributed by atoms with Gasteiger partial charge in [0.15, 0.2) is 0 Å². The predicted octanol–water partition coefficient (Wildman–Crippen LogP) is 0.911. The first-order valence-corrected chi connectivity index (χ1v) is 7.06. The van der Waals surface area contributed by atoms with Crippen molar-refractivity contribution in [2.24, 2.45) is 7.05 Å². The molecule has 0 atom stereocenters. The van der Waals surface area contributed by atoms with Gasteiger partial charge in [-0.1, -0.05) is 11.3 Å². The van der Waals surface area contributed by atoms with E-state index in [2.05, 4.69) is 27.0 Å². The van der Waals surface area contributed by atoms with Crippen LogP contribution in [-0.2, 0) is 13.6 Å². The van der Waals surface area contributed by atoms with E-state index in [1.54, 1.807) is 4.68 Å². The molecule has 3 aromatic heterocycles. The van der Waals surface area contributed by atoms with Gasteiger partial charge in [0.05, 0.1) is 6.20 Å². The molecule has 0 aliphatic heterocycles. The molecule has 0 bridgehead atoms. The molecule has 20 heavy (non-hydrogen) atoms. The summed E-state index contributed by atoms with van der Waals surface area (Å²) in [5.41, 5.74) is 0.948. The Morgan fingerprint density at radius 3 is 2.95 bits per heavy atom. The quantitative estimate of drug-likeness (QED) is 0.714. The van der Waals surface area contributed by atoms with Crippen LogP contribution in [-0.4, -0.2) is 30.9 Å².